The normalized spacial score (nSPS) is 22.2. The Labute approximate surface area is 95.8 Å². The topological polar surface area (TPSA) is 21.3 Å². The molecule has 2 atom stereocenters. The van der Waals surface area contributed by atoms with Crippen LogP contribution in [0.5, 0.6) is 0 Å². The molecule has 1 saturated heterocycles. The zero-order valence-electron chi connectivity index (χ0n) is 9.58. The van der Waals surface area contributed by atoms with E-state index in [9.17, 15) is 4.39 Å². The van der Waals surface area contributed by atoms with Crippen molar-refractivity contribution in [2.24, 2.45) is 0 Å². The zero-order chi connectivity index (χ0) is 11.4. The highest BCUT2D eigenvalue weighted by Crippen LogP contribution is 2.11. The number of nitrogens with one attached hydrogen (secondary N) is 1. The van der Waals surface area contributed by atoms with E-state index in [0.717, 1.165) is 31.6 Å². The Hall–Kier alpha value is -0.930. The molecule has 1 aromatic rings. The summed E-state index contributed by atoms with van der Waals surface area (Å²) in [6.07, 6.45) is 1.78. The van der Waals surface area contributed by atoms with Gasteiger partial charge in [-0.1, -0.05) is 18.2 Å². The predicted molar refractivity (Wildman–Crippen MR) is 61.9 cm³/mol. The molecular formula is C13H18FNO. The van der Waals surface area contributed by atoms with Gasteiger partial charge in [-0.25, -0.2) is 4.39 Å². The molecule has 88 valence electrons. The third-order valence-corrected chi connectivity index (χ3v) is 2.93. The first-order valence-corrected chi connectivity index (χ1v) is 5.83. The lowest BCUT2D eigenvalue weighted by atomic mass is 10.1. The van der Waals surface area contributed by atoms with Crippen LogP contribution in [0.2, 0.25) is 0 Å². The molecule has 0 saturated carbocycles. The van der Waals surface area contributed by atoms with Gasteiger partial charge in [0, 0.05) is 18.7 Å². The van der Waals surface area contributed by atoms with Gasteiger partial charge in [0.15, 0.2) is 0 Å². The molecule has 0 bridgehead atoms. The van der Waals surface area contributed by atoms with E-state index in [1.54, 1.807) is 6.07 Å². The van der Waals surface area contributed by atoms with Crippen molar-refractivity contribution >= 4 is 0 Å². The highest BCUT2D eigenvalue weighted by molar-refractivity contribution is 5.18. The number of rotatable bonds is 4. The van der Waals surface area contributed by atoms with Crippen LogP contribution in [0, 0.1) is 5.82 Å². The molecule has 2 unspecified atom stereocenters. The molecule has 0 radical (unpaired) electrons. The molecule has 16 heavy (non-hydrogen) atoms. The first kappa shape index (κ1) is 11.6. The Balaban J connectivity index is 1.86. The van der Waals surface area contributed by atoms with E-state index in [1.807, 2.05) is 12.1 Å². The van der Waals surface area contributed by atoms with Crippen LogP contribution in [0.1, 0.15) is 18.9 Å². The summed E-state index contributed by atoms with van der Waals surface area (Å²) in [5.41, 5.74) is 0.779. The van der Waals surface area contributed by atoms with Crippen molar-refractivity contribution in [2.75, 3.05) is 13.2 Å². The molecule has 1 aromatic carbocycles. The van der Waals surface area contributed by atoms with E-state index in [-0.39, 0.29) is 11.9 Å². The molecule has 0 aromatic heterocycles. The highest BCUT2D eigenvalue weighted by Gasteiger charge is 2.17. The Morgan fingerprint density at radius 3 is 3.00 bits per heavy atom. The zero-order valence-corrected chi connectivity index (χ0v) is 9.58. The summed E-state index contributed by atoms with van der Waals surface area (Å²) < 4.78 is 18.7. The fraction of sp³-hybridized carbons (Fsp3) is 0.538. The molecular weight excluding hydrogens is 205 g/mol. The Morgan fingerprint density at radius 1 is 1.50 bits per heavy atom. The standard InChI is InChI=1S/C13H18FNO/c1-10(15-12-6-7-16-9-12)8-11-4-2-3-5-13(11)14/h2-5,10,12,15H,6-9H2,1H3. The minimum atomic E-state index is -0.112. The van der Waals surface area contributed by atoms with Crippen molar-refractivity contribution in [1.82, 2.24) is 5.32 Å². The number of hydrogen-bond donors (Lipinski definition) is 1. The van der Waals surface area contributed by atoms with Gasteiger partial charge < -0.3 is 10.1 Å². The van der Waals surface area contributed by atoms with Crippen molar-refractivity contribution in [2.45, 2.75) is 31.8 Å². The maximum absolute atomic E-state index is 13.4. The van der Waals surface area contributed by atoms with E-state index in [2.05, 4.69) is 12.2 Å². The fourth-order valence-electron chi connectivity index (χ4n) is 2.12. The van der Waals surface area contributed by atoms with Crippen LogP contribution in [0.25, 0.3) is 0 Å². The highest BCUT2D eigenvalue weighted by atomic mass is 19.1. The first-order chi connectivity index (χ1) is 7.75. The lowest BCUT2D eigenvalue weighted by molar-refractivity contribution is 0.188. The third-order valence-electron chi connectivity index (χ3n) is 2.93. The van der Waals surface area contributed by atoms with Gasteiger partial charge in [0.2, 0.25) is 0 Å². The summed E-state index contributed by atoms with van der Waals surface area (Å²) in [5.74, 6) is -0.112. The second-order valence-electron chi connectivity index (χ2n) is 4.42. The third kappa shape index (κ3) is 3.03. The molecule has 1 fully saturated rings. The van der Waals surface area contributed by atoms with E-state index >= 15 is 0 Å². The maximum atomic E-state index is 13.4. The van der Waals surface area contributed by atoms with Gasteiger partial charge in [-0.05, 0) is 31.4 Å². The molecule has 3 heteroatoms. The second kappa shape index (κ2) is 5.41. The lowest BCUT2D eigenvalue weighted by Gasteiger charge is -2.18. The number of ether oxygens (including phenoxy) is 1. The Morgan fingerprint density at radius 2 is 2.31 bits per heavy atom. The fourth-order valence-corrected chi connectivity index (χ4v) is 2.12. The second-order valence-corrected chi connectivity index (χ2v) is 4.42. The minimum absolute atomic E-state index is 0.112. The molecule has 2 nitrogen and oxygen atoms in total. The van der Waals surface area contributed by atoms with Gasteiger partial charge in [-0.3, -0.25) is 0 Å². The number of hydrogen-bond acceptors (Lipinski definition) is 2. The minimum Gasteiger partial charge on any atom is -0.380 e. The smallest absolute Gasteiger partial charge is 0.126 e. The maximum Gasteiger partial charge on any atom is 0.126 e. The van der Waals surface area contributed by atoms with Crippen LogP contribution in [0.15, 0.2) is 24.3 Å². The molecule has 0 spiro atoms. The molecule has 1 aliphatic rings. The quantitative estimate of drug-likeness (QED) is 0.844. The average molecular weight is 223 g/mol. The van der Waals surface area contributed by atoms with Gasteiger partial charge in [0.1, 0.15) is 5.82 Å². The number of halogens is 1. The van der Waals surface area contributed by atoms with Gasteiger partial charge in [-0.2, -0.15) is 0 Å². The van der Waals surface area contributed by atoms with E-state index in [1.165, 1.54) is 6.07 Å². The Bertz CT molecular complexity index is 336. The average Bonchev–Trinajstić information content (AvgIpc) is 2.74. The van der Waals surface area contributed by atoms with Crippen molar-refractivity contribution in [1.29, 1.82) is 0 Å². The van der Waals surface area contributed by atoms with Crippen LogP contribution in [-0.4, -0.2) is 25.3 Å². The lowest BCUT2D eigenvalue weighted by Crippen LogP contribution is -2.38. The van der Waals surface area contributed by atoms with E-state index in [0.29, 0.717) is 6.04 Å². The summed E-state index contributed by atoms with van der Waals surface area (Å²) in [4.78, 5) is 0. The summed E-state index contributed by atoms with van der Waals surface area (Å²) in [6, 6.07) is 7.68. The first-order valence-electron chi connectivity index (χ1n) is 5.83. The van der Waals surface area contributed by atoms with Crippen LogP contribution in [0.4, 0.5) is 4.39 Å². The summed E-state index contributed by atoms with van der Waals surface area (Å²) in [5, 5.41) is 3.46. The largest absolute Gasteiger partial charge is 0.380 e. The van der Waals surface area contributed by atoms with Crippen LogP contribution in [0.3, 0.4) is 0 Å². The summed E-state index contributed by atoms with van der Waals surface area (Å²) >= 11 is 0. The number of benzene rings is 1. The predicted octanol–water partition coefficient (Wildman–Crippen LogP) is 2.14. The van der Waals surface area contributed by atoms with Crippen molar-refractivity contribution < 1.29 is 9.13 Å². The van der Waals surface area contributed by atoms with Crippen molar-refractivity contribution in [3.63, 3.8) is 0 Å². The molecule has 1 N–H and O–H groups in total. The van der Waals surface area contributed by atoms with Gasteiger partial charge >= 0.3 is 0 Å². The summed E-state index contributed by atoms with van der Waals surface area (Å²) in [7, 11) is 0. The van der Waals surface area contributed by atoms with Crippen LogP contribution >= 0.6 is 0 Å². The van der Waals surface area contributed by atoms with Crippen molar-refractivity contribution in [3.8, 4) is 0 Å². The van der Waals surface area contributed by atoms with Crippen LogP contribution in [-0.2, 0) is 11.2 Å². The Kier molecular flexibility index (Phi) is 3.91. The van der Waals surface area contributed by atoms with Gasteiger partial charge in [0.05, 0.1) is 6.61 Å². The SMILES string of the molecule is CC(Cc1ccccc1F)NC1CCOC1. The molecule has 1 heterocycles. The van der Waals surface area contributed by atoms with E-state index in [4.69, 9.17) is 4.74 Å². The molecule has 2 rings (SSSR count). The van der Waals surface area contributed by atoms with Crippen molar-refractivity contribution in [3.05, 3.63) is 35.6 Å². The molecule has 0 aliphatic carbocycles. The molecule has 1 aliphatic heterocycles. The van der Waals surface area contributed by atoms with E-state index < -0.39 is 0 Å². The molecule has 0 amide bonds. The summed E-state index contributed by atoms with van der Waals surface area (Å²) in [6.45, 7) is 3.70. The van der Waals surface area contributed by atoms with Crippen LogP contribution < -0.4 is 5.32 Å². The van der Waals surface area contributed by atoms with Gasteiger partial charge in [-0.15, -0.1) is 0 Å². The monoisotopic (exact) mass is 223 g/mol. The van der Waals surface area contributed by atoms with Gasteiger partial charge in [0.25, 0.3) is 0 Å².